The molecule has 0 aliphatic carbocycles. The Balaban J connectivity index is 1.67. The topological polar surface area (TPSA) is 77.6 Å². The van der Waals surface area contributed by atoms with Crippen LogP contribution in [0.2, 0.25) is 1.41 Å². The van der Waals surface area contributed by atoms with Crippen LogP contribution in [0.15, 0.2) is 41.5 Å². The number of hydrogen-bond acceptors (Lipinski definition) is 5. The van der Waals surface area contributed by atoms with Gasteiger partial charge in [0.25, 0.3) is 11.8 Å². The lowest BCUT2D eigenvalue weighted by molar-refractivity contribution is -0.129. The maximum atomic E-state index is 12.9. The molecule has 1 atom stereocenters. The van der Waals surface area contributed by atoms with E-state index in [1.54, 1.807) is 17.2 Å². The van der Waals surface area contributed by atoms with Gasteiger partial charge < -0.3 is 10.2 Å². The van der Waals surface area contributed by atoms with Crippen LogP contribution < -0.4 is 10.7 Å². The lowest BCUT2D eigenvalue weighted by atomic mass is 10.1. The van der Waals surface area contributed by atoms with Crippen LogP contribution in [-0.4, -0.2) is 39.3 Å². The van der Waals surface area contributed by atoms with Crippen molar-refractivity contribution in [1.82, 2.24) is 25.6 Å². The molecule has 2 amide bonds. The summed E-state index contributed by atoms with van der Waals surface area (Å²) >= 11 is 0. The Labute approximate surface area is 141 Å². The van der Waals surface area contributed by atoms with Crippen molar-refractivity contribution in [1.29, 1.82) is 0 Å². The van der Waals surface area contributed by atoms with Crippen LogP contribution in [0.4, 0.5) is 0 Å². The molecule has 3 aliphatic rings. The first kappa shape index (κ1) is 13.7. The van der Waals surface area contributed by atoms with Crippen LogP contribution >= 0.6 is 0 Å². The van der Waals surface area contributed by atoms with E-state index in [9.17, 15) is 9.59 Å². The van der Waals surface area contributed by atoms with Crippen molar-refractivity contribution in [2.45, 2.75) is 32.9 Å². The molecule has 0 saturated carbocycles. The van der Waals surface area contributed by atoms with Gasteiger partial charge in [-0.25, -0.2) is 10.4 Å². The average Bonchev–Trinajstić information content (AvgIpc) is 3.08. The third-order valence-corrected chi connectivity index (χ3v) is 4.45. The maximum absolute atomic E-state index is 12.9. The van der Waals surface area contributed by atoms with Gasteiger partial charge in [0.2, 0.25) is 0 Å². The van der Waals surface area contributed by atoms with Crippen molar-refractivity contribution < 1.29 is 11.0 Å². The Morgan fingerprint density at radius 3 is 2.79 bits per heavy atom. The standard InChI is InChI=1S/C17H19N5O2/c1-9(2)21-8-11-15(17(21)24)19-14-6-13(20-22(14)16(11)23)12-5-4-10(3)7-18-12/h4-7,9,13,19-20H,8H2,1-3H3/i/hD. The predicted molar refractivity (Wildman–Crippen MR) is 86.8 cm³/mol. The molecule has 0 aromatic carbocycles. The van der Waals surface area contributed by atoms with E-state index >= 15 is 0 Å². The minimum absolute atomic E-state index is 0.00753. The second-order valence-corrected chi connectivity index (χ2v) is 6.49. The Kier molecular flexibility index (Phi) is 2.96. The van der Waals surface area contributed by atoms with E-state index in [0.717, 1.165) is 11.0 Å². The summed E-state index contributed by atoms with van der Waals surface area (Å²) in [7, 11) is 0. The summed E-state index contributed by atoms with van der Waals surface area (Å²) in [6.45, 7) is 6.04. The van der Waals surface area contributed by atoms with Gasteiger partial charge in [-0.1, -0.05) is 6.07 Å². The normalized spacial score (nSPS) is 24.2. The molecule has 0 bridgehead atoms. The highest BCUT2D eigenvalue weighted by Gasteiger charge is 2.44. The number of carbonyl (C=O) groups excluding carboxylic acids is 2. The highest BCUT2D eigenvalue weighted by atomic mass is 16.2. The van der Waals surface area contributed by atoms with Gasteiger partial charge in [0.05, 0.1) is 23.9 Å². The van der Waals surface area contributed by atoms with E-state index in [0.29, 0.717) is 22.8 Å². The molecule has 0 saturated heterocycles. The second-order valence-electron chi connectivity index (χ2n) is 6.49. The molecule has 124 valence electrons. The SMILES string of the molecule is [2H]N1C(c2ccc(C)cn2)C=C2NC3=C(CN(C(C)C)C3=O)C(=O)N21. The molecule has 4 heterocycles. The molecule has 0 radical (unpaired) electrons. The van der Waals surface area contributed by atoms with Crippen LogP contribution in [0.25, 0.3) is 0 Å². The zero-order valence-corrected chi connectivity index (χ0v) is 13.8. The van der Waals surface area contributed by atoms with Crippen LogP contribution in [0, 0.1) is 6.92 Å². The van der Waals surface area contributed by atoms with E-state index in [-0.39, 0.29) is 24.4 Å². The van der Waals surface area contributed by atoms with E-state index in [4.69, 9.17) is 1.41 Å². The van der Waals surface area contributed by atoms with Gasteiger partial charge in [-0.05, 0) is 38.5 Å². The molecule has 0 fully saturated rings. The van der Waals surface area contributed by atoms with E-state index < -0.39 is 6.04 Å². The number of aryl methyl sites for hydroxylation is 1. The Hall–Kier alpha value is -2.67. The molecule has 7 heteroatoms. The molecule has 24 heavy (non-hydrogen) atoms. The molecule has 2 N–H and O–H groups in total. The monoisotopic (exact) mass is 326 g/mol. The van der Waals surface area contributed by atoms with Gasteiger partial charge in [0.1, 0.15) is 12.9 Å². The first-order valence-corrected chi connectivity index (χ1v) is 7.96. The predicted octanol–water partition coefficient (Wildman–Crippen LogP) is 0.727. The summed E-state index contributed by atoms with van der Waals surface area (Å²) in [6, 6.07) is 3.29. The summed E-state index contributed by atoms with van der Waals surface area (Å²) in [5.74, 6) is -0.0708. The molecule has 4 rings (SSSR count). The third kappa shape index (κ3) is 2.12. The largest absolute Gasteiger partial charge is 0.336 e. The van der Waals surface area contributed by atoms with E-state index in [2.05, 4.69) is 10.3 Å². The lowest BCUT2D eigenvalue weighted by Crippen LogP contribution is -2.47. The van der Waals surface area contributed by atoms with E-state index in [1.165, 1.54) is 5.01 Å². The lowest BCUT2D eigenvalue weighted by Gasteiger charge is -2.26. The zero-order chi connectivity index (χ0) is 17.9. The number of hydrogen-bond donors (Lipinski definition) is 2. The second kappa shape index (κ2) is 5.17. The highest BCUT2D eigenvalue weighted by molar-refractivity contribution is 6.10. The number of pyridine rings is 1. The minimum atomic E-state index is -0.483. The number of carbonyl (C=O) groups is 2. The molecule has 3 aliphatic heterocycles. The number of amides is 2. The first-order chi connectivity index (χ1) is 11.9. The average molecular weight is 326 g/mol. The Bertz CT molecular complexity index is 830. The smallest absolute Gasteiger partial charge is 0.274 e. The van der Waals surface area contributed by atoms with Gasteiger partial charge in [-0.3, -0.25) is 14.6 Å². The van der Waals surface area contributed by atoms with Crippen molar-refractivity contribution in [3.63, 3.8) is 0 Å². The Morgan fingerprint density at radius 1 is 1.33 bits per heavy atom. The van der Waals surface area contributed by atoms with Crippen molar-refractivity contribution in [2.24, 2.45) is 0 Å². The summed E-state index contributed by atoms with van der Waals surface area (Å²) in [5, 5.41) is 4.32. The number of rotatable bonds is 2. The molecular formula is C17H19N5O2. The third-order valence-electron chi connectivity index (χ3n) is 4.45. The van der Waals surface area contributed by atoms with E-state index in [1.807, 2.05) is 32.9 Å². The zero-order valence-electron chi connectivity index (χ0n) is 14.8. The minimum Gasteiger partial charge on any atom is -0.336 e. The van der Waals surface area contributed by atoms with Gasteiger partial charge in [0, 0.05) is 12.2 Å². The number of aromatic nitrogens is 1. The fourth-order valence-corrected chi connectivity index (χ4v) is 3.07. The van der Waals surface area contributed by atoms with Gasteiger partial charge in [-0.2, -0.15) is 0 Å². The van der Waals surface area contributed by atoms with Crippen molar-refractivity contribution >= 4 is 11.8 Å². The summed E-state index contributed by atoms with van der Waals surface area (Å²) in [4.78, 5) is 31.4. The number of nitrogens with one attached hydrogen (secondary N) is 2. The number of fused-ring (bicyclic) bond motifs is 1. The summed E-state index contributed by atoms with van der Waals surface area (Å²) in [6.07, 6.45) is 3.48. The van der Waals surface area contributed by atoms with Crippen LogP contribution in [-0.2, 0) is 9.59 Å². The Morgan fingerprint density at radius 2 is 2.12 bits per heavy atom. The van der Waals surface area contributed by atoms with Crippen molar-refractivity contribution in [3.05, 3.63) is 52.8 Å². The van der Waals surface area contributed by atoms with Crippen LogP contribution in [0.5, 0.6) is 0 Å². The van der Waals surface area contributed by atoms with Crippen molar-refractivity contribution in [2.75, 3.05) is 6.54 Å². The van der Waals surface area contributed by atoms with Crippen molar-refractivity contribution in [3.8, 4) is 0 Å². The highest BCUT2D eigenvalue weighted by Crippen LogP contribution is 2.31. The maximum Gasteiger partial charge on any atom is 0.274 e. The fourth-order valence-electron chi connectivity index (χ4n) is 3.07. The fraction of sp³-hybridized carbons (Fsp3) is 0.353. The van der Waals surface area contributed by atoms with Gasteiger partial charge in [-0.15, -0.1) is 0 Å². The van der Waals surface area contributed by atoms with Crippen LogP contribution in [0.1, 0.15) is 31.1 Å². The van der Waals surface area contributed by atoms with Gasteiger partial charge in [0.15, 0.2) is 0 Å². The van der Waals surface area contributed by atoms with Gasteiger partial charge >= 0.3 is 0 Å². The quantitative estimate of drug-likeness (QED) is 0.838. The van der Waals surface area contributed by atoms with Crippen LogP contribution in [0.3, 0.4) is 0 Å². The molecule has 1 unspecified atom stereocenters. The summed E-state index contributed by atoms with van der Waals surface area (Å²) in [5.41, 5.74) is 3.54. The number of nitrogens with zero attached hydrogens (tertiary/aromatic N) is 3. The molecular weight excluding hydrogens is 306 g/mol. The molecule has 1 aromatic heterocycles. The molecule has 7 nitrogen and oxygen atoms in total. The summed E-state index contributed by atoms with van der Waals surface area (Å²) < 4.78 is 8.36. The first-order valence-electron chi connectivity index (χ1n) is 8.41. The molecule has 0 spiro atoms. The molecule has 1 aromatic rings. The number of hydrazine groups is 1.